The molecule has 0 aromatic carbocycles. The maximum absolute atomic E-state index is 12.0. The minimum absolute atomic E-state index is 0.0148. The summed E-state index contributed by atoms with van der Waals surface area (Å²) in [6.45, 7) is 5.86. The highest BCUT2D eigenvalue weighted by Crippen LogP contribution is 2.27. The Morgan fingerprint density at radius 1 is 1.47 bits per heavy atom. The van der Waals surface area contributed by atoms with Gasteiger partial charge in [-0.05, 0) is 32.4 Å². The van der Waals surface area contributed by atoms with Gasteiger partial charge in [-0.1, -0.05) is 6.92 Å². The number of carbonyl (C=O) groups is 2. The molecule has 1 fully saturated rings. The smallest absolute Gasteiger partial charge is 0.243 e. The number of imide groups is 1. The van der Waals surface area contributed by atoms with Crippen molar-refractivity contribution in [2.75, 3.05) is 5.75 Å². The zero-order chi connectivity index (χ0) is 13.0. The second-order valence-corrected chi connectivity index (χ2v) is 6.00. The Morgan fingerprint density at radius 3 is 2.65 bits per heavy atom. The molecule has 0 radical (unpaired) electrons. The molecule has 1 aliphatic rings. The van der Waals surface area contributed by atoms with E-state index in [2.05, 4.69) is 0 Å². The van der Waals surface area contributed by atoms with E-state index in [4.69, 9.17) is 5.73 Å². The minimum Gasteiger partial charge on any atom is -0.328 e. The molecule has 1 aliphatic heterocycles. The van der Waals surface area contributed by atoms with Gasteiger partial charge in [-0.2, -0.15) is 0 Å². The van der Waals surface area contributed by atoms with E-state index >= 15 is 0 Å². The molecule has 0 spiro atoms. The predicted octanol–water partition coefficient (Wildman–Crippen LogP) is 1.38. The minimum atomic E-state index is -0.185. The summed E-state index contributed by atoms with van der Waals surface area (Å²) >= 11 is 1.56. The highest BCUT2D eigenvalue weighted by atomic mass is 32.2. The Bertz CT molecular complexity index is 294. The van der Waals surface area contributed by atoms with Crippen molar-refractivity contribution in [2.45, 2.75) is 57.4 Å². The van der Waals surface area contributed by atoms with Crippen LogP contribution < -0.4 is 5.73 Å². The van der Waals surface area contributed by atoms with Crippen molar-refractivity contribution in [1.29, 1.82) is 0 Å². The second-order valence-electron chi connectivity index (χ2n) is 4.69. The number of hydrogen-bond donors (Lipinski definition) is 1. The van der Waals surface area contributed by atoms with E-state index in [1.807, 2.05) is 20.8 Å². The van der Waals surface area contributed by atoms with Crippen molar-refractivity contribution < 1.29 is 9.59 Å². The van der Waals surface area contributed by atoms with Crippen molar-refractivity contribution in [3.8, 4) is 0 Å². The van der Waals surface area contributed by atoms with Gasteiger partial charge in [0.2, 0.25) is 11.8 Å². The Balaban J connectivity index is 2.50. The number of carbonyl (C=O) groups excluding carboxylic acids is 2. The highest BCUT2D eigenvalue weighted by molar-refractivity contribution is 8.00. The third-order valence-electron chi connectivity index (χ3n) is 3.07. The SMILES string of the molecule is CCC(C)N1C(=O)CC(SCCC(C)N)C1=O. The van der Waals surface area contributed by atoms with Gasteiger partial charge in [0.05, 0.1) is 5.25 Å². The fourth-order valence-electron chi connectivity index (χ4n) is 1.79. The van der Waals surface area contributed by atoms with Crippen LogP contribution in [0.3, 0.4) is 0 Å². The third-order valence-corrected chi connectivity index (χ3v) is 4.31. The first kappa shape index (κ1) is 14.5. The molecule has 4 nitrogen and oxygen atoms in total. The Labute approximate surface area is 107 Å². The van der Waals surface area contributed by atoms with Crippen LogP contribution >= 0.6 is 11.8 Å². The van der Waals surface area contributed by atoms with E-state index in [1.54, 1.807) is 11.8 Å². The van der Waals surface area contributed by atoms with Gasteiger partial charge in [0, 0.05) is 18.5 Å². The average Bonchev–Trinajstić information content (AvgIpc) is 2.53. The molecule has 1 saturated heterocycles. The summed E-state index contributed by atoms with van der Waals surface area (Å²) in [5, 5.41) is -0.185. The van der Waals surface area contributed by atoms with Crippen LogP contribution in [0.2, 0.25) is 0 Å². The molecule has 0 aromatic heterocycles. The first-order valence-corrected chi connectivity index (χ1v) is 7.25. The summed E-state index contributed by atoms with van der Waals surface area (Å²) in [4.78, 5) is 25.2. The van der Waals surface area contributed by atoms with Crippen LogP contribution in [0.25, 0.3) is 0 Å². The highest BCUT2D eigenvalue weighted by Gasteiger charge is 2.40. The average molecular weight is 258 g/mol. The van der Waals surface area contributed by atoms with E-state index in [1.165, 1.54) is 4.90 Å². The molecule has 2 N–H and O–H groups in total. The van der Waals surface area contributed by atoms with E-state index in [0.717, 1.165) is 18.6 Å². The number of thioether (sulfide) groups is 1. The largest absolute Gasteiger partial charge is 0.328 e. The number of nitrogens with two attached hydrogens (primary N) is 1. The molecular formula is C12H22N2O2S. The van der Waals surface area contributed by atoms with Gasteiger partial charge in [0.15, 0.2) is 0 Å². The van der Waals surface area contributed by atoms with E-state index in [-0.39, 0.29) is 29.1 Å². The molecule has 1 rings (SSSR count). The maximum Gasteiger partial charge on any atom is 0.243 e. The monoisotopic (exact) mass is 258 g/mol. The topological polar surface area (TPSA) is 63.4 Å². The number of hydrogen-bond acceptors (Lipinski definition) is 4. The molecule has 1 heterocycles. The van der Waals surface area contributed by atoms with Gasteiger partial charge in [0.25, 0.3) is 0 Å². The van der Waals surface area contributed by atoms with Crippen LogP contribution in [0.5, 0.6) is 0 Å². The van der Waals surface area contributed by atoms with E-state index in [9.17, 15) is 9.59 Å². The molecular weight excluding hydrogens is 236 g/mol. The third kappa shape index (κ3) is 3.71. The normalized spacial score (nSPS) is 24.2. The molecule has 17 heavy (non-hydrogen) atoms. The molecule has 3 atom stereocenters. The molecule has 98 valence electrons. The second kappa shape index (κ2) is 6.40. The molecule has 0 aromatic rings. The maximum atomic E-state index is 12.0. The van der Waals surface area contributed by atoms with E-state index in [0.29, 0.717) is 6.42 Å². The van der Waals surface area contributed by atoms with Gasteiger partial charge in [-0.3, -0.25) is 14.5 Å². The number of rotatable bonds is 6. The van der Waals surface area contributed by atoms with Crippen LogP contribution in [-0.4, -0.2) is 39.8 Å². The van der Waals surface area contributed by atoms with Crippen molar-refractivity contribution in [3.05, 3.63) is 0 Å². The summed E-state index contributed by atoms with van der Waals surface area (Å²) in [7, 11) is 0. The zero-order valence-corrected chi connectivity index (χ0v) is 11.6. The first-order chi connectivity index (χ1) is 7.97. The van der Waals surface area contributed by atoms with Crippen LogP contribution in [0.4, 0.5) is 0 Å². The molecule has 5 heteroatoms. The van der Waals surface area contributed by atoms with E-state index < -0.39 is 0 Å². The Morgan fingerprint density at radius 2 is 2.12 bits per heavy atom. The van der Waals surface area contributed by atoms with Crippen LogP contribution in [-0.2, 0) is 9.59 Å². The molecule has 0 aliphatic carbocycles. The van der Waals surface area contributed by atoms with Gasteiger partial charge < -0.3 is 5.73 Å². The quantitative estimate of drug-likeness (QED) is 0.731. The van der Waals surface area contributed by atoms with Crippen molar-refractivity contribution in [3.63, 3.8) is 0 Å². The van der Waals surface area contributed by atoms with Gasteiger partial charge >= 0.3 is 0 Å². The standard InChI is InChI=1S/C12H22N2O2S/c1-4-9(3)14-11(15)7-10(12(14)16)17-6-5-8(2)13/h8-10H,4-7,13H2,1-3H3. The summed E-state index contributed by atoms with van der Waals surface area (Å²) in [6.07, 6.45) is 2.05. The van der Waals surface area contributed by atoms with Gasteiger partial charge in [0.1, 0.15) is 0 Å². The fourth-order valence-corrected chi connectivity index (χ4v) is 3.10. The molecule has 0 saturated carbocycles. The van der Waals surface area contributed by atoms with Crippen LogP contribution in [0.1, 0.15) is 40.0 Å². The summed E-state index contributed by atoms with van der Waals surface area (Å²) in [5.41, 5.74) is 5.66. The number of likely N-dealkylation sites (tertiary alicyclic amines) is 1. The fraction of sp³-hybridized carbons (Fsp3) is 0.833. The van der Waals surface area contributed by atoms with Crippen molar-refractivity contribution in [2.24, 2.45) is 5.73 Å². The Hall–Kier alpha value is -0.550. The molecule has 0 bridgehead atoms. The van der Waals surface area contributed by atoms with Crippen molar-refractivity contribution >= 4 is 23.6 Å². The Kier molecular flexibility index (Phi) is 5.46. The lowest BCUT2D eigenvalue weighted by Crippen LogP contribution is -2.38. The number of amides is 2. The molecule has 2 amide bonds. The summed E-state index contributed by atoms with van der Waals surface area (Å²) in [6, 6.07) is 0.175. The lowest BCUT2D eigenvalue weighted by Gasteiger charge is -2.21. The summed E-state index contributed by atoms with van der Waals surface area (Å²) in [5.74, 6) is 0.803. The predicted molar refractivity (Wildman–Crippen MR) is 70.7 cm³/mol. The first-order valence-electron chi connectivity index (χ1n) is 6.20. The molecule has 3 unspecified atom stereocenters. The van der Waals surface area contributed by atoms with Gasteiger partial charge in [-0.15, -0.1) is 11.8 Å². The lowest BCUT2D eigenvalue weighted by atomic mass is 10.2. The van der Waals surface area contributed by atoms with Crippen molar-refractivity contribution in [1.82, 2.24) is 4.90 Å². The van der Waals surface area contributed by atoms with Crippen LogP contribution in [0, 0.1) is 0 Å². The lowest BCUT2D eigenvalue weighted by molar-refractivity contribution is -0.140. The van der Waals surface area contributed by atoms with Crippen LogP contribution in [0.15, 0.2) is 0 Å². The zero-order valence-electron chi connectivity index (χ0n) is 10.8. The number of nitrogens with zero attached hydrogens (tertiary/aromatic N) is 1. The summed E-state index contributed by atoms with van der Waals surface area (Å²) < 4.78 is 0. The van der Waals surface area contributed by atoms with Gasteiger partial charge in [-0.25, -0.2) is 0 Å².